The van der Waals surface area contributed by atoms with Crippen LogP contribution in [0.2, 0.25) is 0 Å². The van der Waals surface area contributed by atoms with Crippen LogP contribution in [-0.4, -0.2) is 31.6 Å². The van der Waals surface area contributed by atoms with E-state index in [9.17, 15) is 13.2 Å². The Morgan fingerprint density at radius 1 is 1.15 bits per heavy atom. The highest BCUT2D eigenvalue weighted by Crippen LogP contribution is 2.19. The van der Waals surface area contributed by atoms with E-state index in [0.29, 0.717) is 12.1 Å². The highest BCUT2D eigenvalue weighted by atomic mass is 19.2. The molecular weight excluding hydrogens is 265 g/mol. The molecule has 0 aromatic heterocycles. The van der Waals surface area contributed by atoms with Gasteiger partial charge in [-0.25, -0.2) is 13.2 Å². The van der Waals surface area contributed by atoms with Gasteiger partial charge in [0.2, 0.25) is 0 Å². The number of nitrogens with one attached hydrogen (secondary N) is 1. The van der Waals surface area contributed by atoms with Crippen LogP contribution < -0.4 is 5.32 Å². The summed E-state index contributed by atoms with van der Waals surface area (Å²) in [6.45, 7) is 3.45. The predicted molar refractivity (Wildman–Crippen MR) is 72.9 cm³/mol. The van der Waals surface area contributed by atoms with Gasteiger partial charge in [0.25, 0.3) is 0 Å². The van der Waals surface area contributed by atoms with E-state index >= 15 is 0 Å². The molecule has 1 aromatic rings. The molecule has 0 aliphatic carbocycles. The Hall–Kier alpha value is -1.07. The highest BCUT2D eigenvalue weighted by Gasteiger charge is 2.16. The fourth-order valence-electron chi connectivity index (χ4n) is 2.60. The summed E-state index contributed by atoms with van der Waals surface area (Å²) in [5, 5.41) is 3.16. The Morgan fingerprint density at radius 2 is 1.75 bits per heavy atom. The second-order valence-corrected chi connectivity index (χ2v) is 5.59. The van der Waals surface area contributed by atoms with E-state index < -0.39 is 17.5 Å². The molecule has 1 saturated heterocycles. The topological polar surface area (TPSA) is 15.3 Å². The van der Waals surface area contributed by atoms with Crippen molar-refractivity contribution in [3.05, 3.63) is 35.1 Å². The molecule has 112 valence electrons. The van der Waals surface area contributed by atoms with Crippen LogP contribution in [0.3, 0.4) is 0 Å². The van der Waals surface area contributed by atoms with Gasteiger partial charge in [-0.2, -0.15) is 0 Å². The normalized spacial score (nSPS) is 17.6. The first kappa shape index (κ1) is 15.3. The number of nitrogens with zero attached hydrogens (tertiary/aromatic N) is 1. The fraction of sp³-hybridized carbons (Fsp3) is 0.600. The maximum Gasteiger partial charge on any atom is 0.194 e. The van der Waals surface area contributed by atoms with Gasteiger partial charge in [0, 0.05) is 6.54 Å². The van der Waals surface area contributed by atoms with Crippen LogP contribution in [0.4, 0.5) is 13.2 Å². The van der Waals surface area contributed by atoms with Gasteiger partial charge in [0.1, 0.15) is 0 Å². The van der Waals surface area contributed by atoms with Gasteiger partial charge in [-0.1, -0.05) is 0 Å². The molecule has 20 heavy (non-hydrogen) atoms. The summed E-state index contributed by atoms with van der Waals surface area (Å²) in [7, 11) is 2.13. The molecular formula is C15H21F3N2. The standard InChI is InChI=1S/C15H21F3N2/c1-20-6-3-11(4-7-20)2-5-19-10-12-8-13(16)15(18)14(17)9-12/h8-9,11,19H,2-7,10H2,1H3. The van der Waals surface area contributed by atoms with E-state index in [-0.39, 0.29) is 0 Å². The molecule has 2 rings (SSSR count). The second-order valence-electron chi connectivity index (χ2n) is 5.59. The van der Waals surface area contributed by atoms with Gasteiger partial charge in [0.05, 0.1) is 0 Å². The Morgan fingerprint density at radius 3 is 2.35 bits per heavy atom. The lowest BCUT2D eigenvalue weighted by Crippen LogP contribution is -2.31. The van der Waals surface area contributed by atoms with Crippen molar-refractivity contribution >= 4 is 0 Å². The van der Waals surface area contributed by atoms with E-state index in [1.807, 2.05) is 0 Å². The summed E-state index contributed by atoms with van der Waals surface area (Å²) in [5.41, 5.74) is 0.435. The molecule has 1 heterocycles. The van der Waals surface area contributed by atoms with Gasteiger partial charge < -0.3 is 10.2 Å². The summed E-state index contributed by atoms with van der Waals surface area (Å²) in [5.74, 6) is -2.94. The van der Waals surface area contributed by atoms with E-state index in [2.05, 4.69) is 17.3 Å². The van der Waals surface area contributed by atoms with Crippen molar-refractivity contribution in [2.45, 2.75) is 25.8 Å². The van der Waals surface area contributed by atoms with Crippen LogP contribution in [0.5, 0.6) is 0 Å². The van der Waals surface area contributed by atoms with E-state index in [0.717, 1.165) is 44.1 Å². The lowest BCUT2D eigenvalue weighted by molar-refractivity contribution is 0.211. The number of halogens is 3. The van der Waals surface area contributed by atoms with Gasteiger partial charge in [-0.3, -0.25) is 0 Å². The lowest BCUT2D eigenvalue weighted by atomic mass is 9.94. The van der Waals surface area contributed by atoms with Crippen molar-refractivity contribution in [3.63, 3.8) is 0 Å². The maximum atomic E-state index is 13.0. The summed E-state index contributed by atoms with van der Waals surface area (Å²) < 4.78 is 38.9. The van der Waals surface area contributed by atoms with Gasteiger partial charge in [0.15, 0.2) is 17.5 Å². The molecule has 0 spiro atoms. The van der Waals surface area contributed by atoms with E-state index in [1.54, 1.807) is 0 Å². The van der Waals surface area contributed by atoms with Gasteiger partial charge >= 0.3 is 0 Å². The monoisotopic (exact) mass is 286 g/mol. The molecule has 2 nitrogen and oxygen atoms in total. The minimum absolute atomic E-state index is 0.362. The van der Waals surface area contributed by atoms with Crippen molar-refractivity contribution < 1.29 is 13.2 Å². The zero-order chi connectivity index (χ0) is 14.5. The van der Waals surface area contributed by atoms with Gasteiger partial charge in [-0.05, 0) is 69.6 Å². The van der Waals surface area contributed by atoms with Crippen LogP contribution in [0.15, 0.2) is 12.1 Å². The second kappa shape index (κ2) is 7.09. The van der Waals surface area contributed by atoms with Crippen molar-refractivity contribution in [2.24, 2.45) is 5.92 Å². The highest BCUT2D eigenvalue weighted by molar-refractivity contribution is 5.19. The number of piperidine rings is 1. The zero-order valence-corrected chi connectivity index (χ0v) is 11.8. The van der Waals surface area contributed by atoms with E-state index in [1.165, 1.54) is 12.8 Å². The van der Waals surface area contributed by atoms with Gasteiger partial charge in [-0.15, -0.1) is 0 Å². The number of hydrogen-bond donors (Lipinski definition) is 1. The third-order valence-corrected chi connectivity index (χ3v) is 3.94. The summed E-state index contributed by atoms with van der Waals surface area (Å²) in [6.07, 6.45) is 3.48. The van der Waals surface area contributed by atoms with Crippen LogP contribution in [-0.2, 0) is 6.54 Å². The SMILES string of the molecule is CN1CCC(CCNCc2cc(F)c(F)c(F)c2)CC1. The summed E-state index contributed by atoms with van der Waals surface area (Å²) in [6, 6.07) is 2.09. The van der Waals surface area contributed by atoms with Crippen LogP contribution in [0.1, 0.15) is 24.8 Å². The minimum Gasteiger partial charge on any atom is -0.313 e. The average Bonchev–Trinajstić information content (AvgIpc) is 2.43. The molecule has 1 aliphatic rings. The fourth-order valence-corrected chi connectivity index (χ4v) is 2.60. The minimum atomic E-state index is -1.40. The molecule has 0 unspecified atom stereocenters. The van der Waals surface area contributed by atoms with Crippen LogP contribution >= 0.6 is 0 Å². The Balaban J connectivity index is 1.71. The number of hydrogen-bond acceptors (Lipinski definition) is 2. The first-order valence-electron chi connectivity index (χ1n) is 7.09. The largest absolute Gasteiger partial charge is 0.313 e. The molecule has 0 radical (unpaired) electrons. The van der Waals surface area contributed by atoms with Crippen molar-refractivity contribution in [3.8, 4) is 0 Å². The lowest BCUT2D eigenvalue weighted by Gasteiger charge is -2.28. The molecule has 5 heteroatoms. The Labute approximate surface area is 118 Å². The van der Waals surface area contributed by atoms with Crippen molar-refractivity contribution in [2.75, 3.05) is 26.7 Å². The Bertz CT molecular complexity index is 420. The first-order valence-corrected chi connectivity index (χ1v) is 7.09. The molecule has 1 aliphatic heterocycles. The smallest absolute Gasteiger partial charge is 0.194 e. The zero-order valence-electron chi connectivity index (χ0n) is 11.8. The average molecular weight is 286 g/mol. The molecule has 1 N–H and O–H groups in total. The molecule has 1 fully saturated rings. The number of benzene rings is 1. The number of rotatable bonds is 5. The third kappa shape index (κ3) is 4.21. The van der Waals surface area contributed by atoms with E-state index in [4.69, 9.17) is 0 Å². The quantitative estimate of drug-likeness (QED) is 0.661. The molecule has 0 bridgehead atoms. The molecule has 1 aromatic carbocycles. The van der Waals surface area contributed by atoms with Crippen molar-refractivity contribution in [1.82, 2.24) is 10.2 Å². The molecule has 0 atom stereocenters. The molecule has 0 saturated carbocycles. The maximum absolute atomic E-state index is 13.0. The predicted octanol–water partition coefficient (Wildman–Crippen LogP) is 2.93. The third-order valence-electron chi connectivity index (χ3n) is 3.94. The summed E-state index contributed by atoms with van der Waals surface area (Å²) >= 11 is 0. The van der Waals surface area contributed by atoms with Crippen LogP contribution in [0, 0.1) is 23.4 Å². The number of likely N-dealkylation sites (tertiary alicyclic amines) is 1. The molecule has 0 amide bonds. The van der Waals surface area contributed by atoms with Crippen molar-refractivity contribution in [1.29, 1.82) is 0 Å². The first-order chi connectivity index (χ1) is 9.56. The summed E-state index contributed by atoms with van der Waals surface area (Å²) in [4.78, 5) is 2.33. The van der Waals surface area contributed by atoms with Crippen LogP contribution in [0.25, 0.3) is 0 Å². The Kier molecular flexibility index (Phi) is 5.43.